The topological polar surface area (TPSA) is 72.2 Å². The molecule has 34 heavy (non-hydrogen) atoms. The summed E-state index contributed by atoms with van der Waals surface area (Å²) in [7, 11) is 0. The van der Waals surface area contributed by atoms with Gasteiger partial charge in [0, 0.05) is 18.2 Å². The van der Waals surface area contributed by atoms with Gasteiger partial charge >= 0.3 is 0 Å². The second kappa shape index (κ2) is 9.99. The number of hydrogen-bond donors (Lipinski definition) is 0. The van der Waals surface area contributed by atoms with Crippen LogP contribution in [0.25, 0.3) is 0 Å². The van der Waals surface area contributed by atoms with Gasteiger partial charge in [0.15, 0.2) is 11.5 Å². The second-order valence-electron chi connectivity index (χ2n) is 8.48. The molecule has 0 saturated carbocycles. The lowest BCUT2D eigenvalue weighted by atomic mass is 10.1. The SMILES string of the molecule is Cc1ccc(CN(Cc2ccc(F)cc2)C(=O)CN(C(=O)c2ccc3c(c2)OCO3)C(C)C)o1. The maximum atomic E-state index is 13.4. The van der Waals surface area contributed by atoms with Crippen molar-refractivity contribution >= 4 is 11.8 Å². The molecule has 0 radical (unpaired) electrons. The average molecular weight is 467 g/mol. The molecule has 0 unspecified atom stereocenters. The van der Waals surface area contributed by atoms with Crippen molar-refractivity contribution in [3.8, 4) is 11.5 Å². The molecular formula is C26H27FN2O5. The van der Waals surface area contributed by atoms with E-state index in [1.54, 1.807) is 35.2 Å². The minimum absolute atomic E-state index is 0.115. The van der Waals surface area contributed by atoms with Gasteiger partial charge in [-0.05, 0) is 68.8 Å². The Morgan fingerprint density at radius 1 is 0.971 bits per heavy atom. The molecule has 1 aromatic heterocycles. The number of hydrogen-bond acceptors (Lipinski definition) is 5. The Kier molecular flexibility index (Phi) is 6.86. The Morgan fingerprint density at radius 3 is 2.38 bits per heavy atom. The highest BCUT2D eigenvalue weighted by Crippen LogP contribution is 2.33. The maximum Gasteiger partial charge on any atom is 0.254 e. The van der Waals surface area contributed by atoms with E-state index in [0.29, 0.717) is 22.8 Å². The quantitative estimate of drug-likeness (QED) is 0.488. The zero-order valence-electron chi connectivity index (χ0n) is 19.4. The van der Waals surface area contributed by atoms with Crippen molar-refractivity contribution in [2.45, 2.75) is 39.9 Å². The van der Waals surface area contributed by atoms with Gasteiger partial charge in [0.1, 0.15) is 23.9 Å². The summed E-state index contributed by atoms with van der Waals surface area (Å²) < 4.78 is 29.7. The van der Waals surface area contributed by atoms with Crippen molar-refractivity contribution in [1.82, 2.24) is 9.80 Å². The third-order valence-electron chi connectivity index (χ3n) is 5.59. The molecule has 3 aromatic rings. The molecule has 1 aliphatic heterocycles. The fraction of sp³-hybridized carbons (Fsp3) is 0.308. The van der Waals surface area contributed by atoms with E-state index in [4.69, 9.17) is 13.9 Å². The fourth-order valence-corrected chi connectivity index (χ4v) is 3.73. The van der Waals surface area contributed by atoms with E-state index in [2.05, 4.69) is 0 Å². The van der Waals surface area contributed by atoms with E-state index in [-0.39, 0.29) is 50.1 Å². The van der Waals surface area contributed by atoms with Crippen LogP contribution in [0.4, 0.5) is 4.39 Å². The number of furan rings is 1. The number of aryl methyl sites for hydroxylation is 1. The van der Waals surface area contributed by atoms with E-state index in [0.717, 1.165) is 11.3 Å². The standard InChI is InChI=1S/C26H27FN2O5/c1-17(2)29(26(31)20-7-11-23-24(12-20)33-16-32-23)15-25(30)28(14-22-10-4-18(3)34-22)13-19-5-8-21(27)9-6-19/h4-12,17H,13-16H2,1-3H3. The minimum atomic E-state index is -0.344. The molecule has 0 bridgehead atoms. The molecule has 0 saturated heterocycles. The van der Waals surface area contributed by atoms with Gasteiger partial charge in [-0.3, -0.25) is 9.59 Å². The van der Waals surface area contributed by atoms with Crippen LogP contribution in [0.2, 0.25) is 0 Å². The highest BCUT2D eigenvalue weighted by Gasteiger charge is 2.26. The molecule has 8 heteroatoms. The lowest BCUT2D eigenvalue weighted by molar-refractivity contribution is -0.133. The van der Waals surface area contributed by atoms with Crippen molar-refractivity contribution in [2.75, 3.05) is 13.3 Å². The smallest absolute Gasteiger partial charge is 0.254 e. The molecule has 2 aromatic carbocycles. The Bertz CT molecular complexity index is 1170. The molecule has 0 spiro atoms. The van der Waals surface area contributed by atoms with Gasteiger partial charge in [0.2, 0.25) is 12.7 Å². The summed E-state index contributed by atoms with van der Waals surface area (Å²) in [6.45, 7) is 6.03. The van der Waals surface area contributed by atoms with Gasteiger partial charge < -0.3 is 23.7 Å². The van der Waals surface area contributed by atoms with Crippen molar-refractivity contribution in [2.24, 2.45) is 0 Å². The summed E-state index contributed by atoms with van der Waals surface area (Å²) in [6, 6.07) is 14.4. The number of benzene rings is 2. The summed E-state index contributed by atoms with van der Waals surface area (Å²) in [5.74, 6) is 1.59. The fourth-order valence-electron chi connectivity index (χ4n) is 3.73. The molecule has 4 rings (SSSR count). The van der Waals surface area contributed by atoms with Crippen LogP contribution in [-0.2, 0) is 17.9 Å². The van der Waals surface area contributed by atoms with Gasteiger partial charge in [0.25, 0.3) is 5.91 Å². The maximum absolute atomic E-state index is 13.4. The first kappa shape index (κ1) is 23.4. The summed E-state index contributed by atoms with van der Waals surface area (Å²) in [5.41, 5.74) is 1.19. The van der Waals surface area contributed by atoms with E-state index >= 15 is 0 Å². The van der Waals surface area contributed by atoms with Gasteiger partial charge in [-0.25, -0.2) is 4.39 Å². The highest BCUT2D eigenvalue weighted by molar-refractivity contribution is 5.97. The van der Waals surface area contributed by atoms with Crippen LogP contribution in [0.15, 0.2) is 59.0 Å². The molecule has 0 atom stereocenters. The van der Waals surface area contributed by atoms with Crippen molar-refractivity contribution in [3.05, 3.63) is 83.1 Å². The molecule has 0 N–H and O–H groups in total. The van der Waals surface area contributed by atoms with Crippen molar-refractivity contribution in [3.63, 3.8) is 0 Å². The summed E-state index contributed by atoms with van der Waals surface area (Å²) in [6.07, 6.45) is 0. The molecule has 0 aliphatic carbocycles. The van der Waals surface area contributed by atoms with Crippen LogP contribution >= 0.6 is 0 Å². The van der Waals surface area contributed by atoms with Crippen LogP contribution < -0.4 is 9.47 Å². The number of ether oxygens (including phenoxy) is 2. The van der Waals surface area contributed by atoms with Crippen LogP contribution in [-0.4, -0.2) is 41.0 Å². The normalized spacial score (nSPS) is 12.1. The van der Waals surface area contributed by atoms with Crippen LogP contribution in [0.5, 0.6) is 11.5 Å². The van der Waals surface area contributed by atoms with Crippen LogP contribution in [0, 0.1) is 12.7 Å². The Morgan fingerprint density at radius 2 is 1.71 bits per heavy atom. The average Bonchev–Trinajstić information content (AvgIpc) is 3.45. The summed E-state index contributed by atoms with van der Waals surface area (Å²) in [5, 5.41) is 0. The van der Waals surface area contributed by atoms with Crippen LogP contribution in [0.3, 0.4) is 0 Å². The number of rotatable bonds is 8. The predicted octanol–water partition coefficient (Wildman–Crippen LogP) is 4.54. The molecule has 178 valence electrons. The number of nitrogens with zero attached hydrogens (tertiary/aromatic N) is 2. The molecule has 2 heterocycles. The first-order chi connectivity index (χ1) is 16.3. The van der Waals surface area contributed by atoms with E-state index in [1.165, 1.54) is 17.0 Å². The van der Waals surface area contributed by atoms with Gasteiger partial charge in [-0.2, -0.15) is 0 Å². The molecule has 7 nitrogen and oxygen atoms in total. The lowest BCUT2D eigenvalue weighted by Crippen LogP contribution is -2.45. The highest BCUT2D eigenvalue weighted by atomic mass is 19.1. The number of halogens is 1. The lowest BCUT2D eigenvalue weighted by Gasteiger charge is -2.30. The Balaban J connectivity index is 1.54. The zero-order valence-corrected chi connectivity index (χ0v) is 19.4. The zero-order chi connectivity index (χ0) is 24.2. The molecule has 0 fully saturated rings. The summed E-state index contributed by atoms with van der Waals surface area (Å²) >= 11 is 0. The number of amides is 2. The number of carbonyl (C=O) groups excluding carboxylic acids is 2. The van der Waals surface area contributed by atoms with E-state index in [9.17, 15) is 14.0 Å². The minimum Gasteiger partial charge on any atom is -0.464 e. The predicted molar refractivity (Wildman–Crippen MR) is 123 cm³/mol. The van der Waals surface area contributed by atoms with Crippen molar-refractivity contribution in [1.29, 1.82) is 0 Å². The van der Waals surface area contributed by atoms with Crippen molar-refractivity contribution < 1.29 is 27.9 Å². The van der Waals surface area contributed by atoms with Gasteiger partial charge in [-0.15, -0.1) is 0 Å². The monoisotopic (exact) mass is 466 g/mol. The third kappa shape index (κ3) is 5.39. The third-order valence-corrected chi connectivity index (χ3v) is 5.59. The number of fused-ring (bicyclic) bond motifs is 1. The largest absolute Gasteiger partial charge is 0.464 e. The van der Waals surface area contributed by atoms with E-state index < -0.39 is 0 Å². The molecule has 2 amide bonds. The summed E-state index contributed by atoms with van der Waals surface area (Å²) in [4.78, 5) is 29.9. The Labute approximate surface area is 197 Å². The van der Waals surface area contributed by atoms with E-state index in [1.807, 2.05) is 32.9 Å². The Hall–Kier alpha value is -3.81. The van der Waals surface area contributed by atoms with Gasteiger partial charge in [0.05, 0.1) is 6.54 Å². The number of carbonyl (C=O) groups is 2. The first-order valence-electron chi connectivity index (χ1n) is 11.1. The van der Waals surface area contributed by atoms with Gasteiger partial charge in [-0.1, -0.05) is 12.1 Å². The second-order valence-corrected chi connectivity index (χ2v) is 8.48. The molecular weight excluding hydrogens is 439 g/mol. The molecule has 1 aliphatic rings. The first-order valence-corrected chi connectivity index (χ1v) is 11.1. The van der Waals surface area contributed by atoms with Crippen LogP contribution in [0.1, 0.15) is 41.3 Å².